The van der Waals surface area contributed by atoms with Gasteiger partial charge in [0.05, 0.1) is 4.92 Å². The quantitative estimate of drug-likeness (QED) is 0.644. The normalized spacial score (nSPS) is 28.4. The molecule has 2 atom stereocenters. The van der Waals surface area contributed by atoms with Gasteiger partial charge in [-0.05, 0) is 31.7 Å². The van der Waals surface area contributed by atoms with E-state index in [0.29, 0.717) is 17.5 Å². The number of nitrogens with one attached hydrogen (secondary N) is 1. The molecule has 0 saturated carbocycles. The second-order valence-electron chi connectivity index (χ2n) is 5.91. The van der Waals surface area contributed by atoms with Gasteiger partial charge in [0.25, 0.3) is 0 Å². The number of pyridine rings is 1. The van der Waals surface area contributed by atoms with Crippen molar-refractivity contribution in [1.29, 1.82) is 0 Å². The molecule has 102 valence electrons. The van der Waals surface area contributed by atoms with Gasteiger partial charge in [0.1, 0.15) is 11.9 Å². The van der Waals surface area contributed by atoms with Crippen LogP contribution in [0.1, 0.15) is 13.8 Å². The Bertz CT molecular complexity index is 517. The van der Waals surface area contributed by atoms with Gasteiger partial charge in [-0.15, -0.1) is 0 Å². The third kappa shape index (κ3) is 1.78. The average Bonchev–Trinajstić information content (AvgIpc) is 2.92. The molecule has 3 rings (SSSR count). The molecule has 6 nitrogen and oxygen atoms in total. The molecule has 2 fully saturated rings. The lowest BCUT2D eigenvalue weighted by Crippen LogP contribution is -2.44. The first kappa shape index (κ1) is 12.3. The maximum atomic E-state index is 11.2. The van der Waals surface area contributed by atoms with Crippen LogP contribution in [0.25, 0.3) is 0 Å². The van der Waals surface area contributed by atoms with E-state index in [-0.39, 0.29) is 16.1 Å². The van der Waals surface area contributed by atoms with E-state index in [1.807, 2.05) is 0 Å². The van der Waals surface area contributed by atoms with Crippen molar-refractivity contribution in [3.63, 3.8) is 0 Å². The van der Waals surface area contributed by atoms with E-state index in [4.69, 9.17) is 0 Å². The molecule has 0 spiro atoms. The van der Waals surface area contributed by atoms with E-state index >= 15 is 0 Å². The van der Waals surface area contributed by atoms with E-state index < -0.39 is 0 Å². The molecule has 2 unspecified atom stereocenters. The summed E-state index contributed by atoms with van der Waals surface area (Å²) in [5, 5.41) is 14.6. The van der Waals surface area contributed by atoms with Gasteiger partial charge in [0, 0.05) is 31.4 Å². The van der Waals surface area contributed by atoms with Crippen molar-refractivity contribution in [2.24, 2.45) is 11.8 Å². The Balaban J connectivity index is 2.01. The van der Waals surface area contributed by atoms with Crippen LogP contribution in [-0.2, 0) is 0 Å². The summed E-state index contributed by atoms with van der Waals surface area (Å²) in [6, 6.07) is 1.76. The molecule has 0 radical (unpaired) electrons. The Morgan fingerprint density at radius 3 is 3.00 bits per heavy atom. The number of hydrogen-bond donors (Lipinski definition) is 1. The SMILES string of the molecule is CC1(C)C2CNCC2CN1c1ccncc1[N+](=O)[O-]. The highest BCUT2D eigenvalue weighted by molar-refractivity contribution is 5.64. The fourth-order valence-corrected chi connectivity index (χ4v) is 3.58. The predicted molar refractivity (Wildman–Crippen MR) is 72.2 cm³/mol. The van der Waals surface area contributed by atoms with Gasteiger partial charge in [-0.3, -0.25) is 15.1 Å². The summed E-state index contributed by atoms with van der Waals surface area (Å²) in [6.07, 6.45) is 2.97. The van der Waals surface area contributed by atoms with E-state index in [1.165, 1.54) is 6.20 Å². The van der Waals surface area contributed by atoms with Crippen molar-refractivity contribution in [3.05, 3.63) is 28.6 Å². The van der Waals surface area contributed by atoms with E-state index in [9.17, 15) is 10.1 Å². The van der Waals surface area contributed by atoms with Gasteiger partial charge >= 0.3 is 5.69 Å². The van der Waals surface area contributed by atoms with Crippen LogP contribution in [0.15, 0.2) is 18.5 Å². The summed E-state index contributed by atoms with van der Waals surface area (Å²) >= 11 is 0. The molecule has 2 saturated heterocycles. The van der Waals surface area contributed by atoms with Crippen LogP contribution >= 0.6 is 0 Å². The zero-order valence-corrected chi connectivity index (χ0v) is 11.2. The molecule has 19 heavy (non-hydrogen) atoms. The number of fused-ring (bicyclic) bond motifs is 1. The van der Waals surface area contributed by atoms with Gasteiger partial charge in [0.15, 0.2) is 0 Å². The van der Waals surface area contributed by atoms with Gasteiger partial charge < -0.3 is 10.2 Å². The number of nitro groups is 1. The van der Waals surface area contributed by atoms with Gasteiger partial charge in [-0.2, -0.15) is 0 Å². The lowest BCUT2D eigenvalue weighted by atomic mass is 9.84. The van der Waals surface area contributed by atoms with Gasteiger partial charge in [0.2, 0.25) is 0 Å². The smallest absolute Gasteiger partial charge is 0.310 e. The maximum Gasteiger partial charge on any atom is 0.310 e. The predicted octanol–water partition coefficient (Wildman–Crippen LogP) is 1.42. The monoisotopic (exact) mass is 262 g/mol. The number of nitrogens with zero attached hydrogens (tertiary/aromatic N) is 3. The first-order valence-corrected chi connectivity index (χ1v) is 6.58. The summed E-state index contributed by atoms with van der Waals surface area (Å²) in [5.41, 5.74) is 0.725. The van der Waals surface area contributed by atoms with Gasteiger partial charge in [-0.1, -0.05) is 0 Å². The zero-order valence-electron chi connectivity index (χ0n) is 11.2. The minimum Gasteiger partial charge on any atom is -0.360 e. The van der Waals surface area contributed by atoms with E-state index in [1.54, 1.807) is 12.3 Å². The molecular formula is C13H18N4O2. The first-order chi connectivity index (χ1) is 9.01. The maximum absolute atomic E-state index is 11.2. The van der Waals surface area contributed by atoms with Crippen molar-refractivity contribution in [2.75, 3.05) is 24.5 Å². The summed E-state index contributed by atoms with van der Waals surface area (Å²) < 4.78 is 0. The van der Waals surface area contributed by atoms with E-state index in [0.717, 1.165) is 19.6 Å². The van der Waals surface area contributed by atoms with Crippen LogP contribution in [0.3, 0.4) is 0 Å². The molecule has 0 aliphatic carbocycles. The zero-order chi connectivity index (χ0) is 13.6. The molecule has 0 aromatic carbocycles. The number of rotatable bonds is 2. The summed E-state index contributed by atoms with van der Waals surface area (Å²) in [7, 11) is 0. The number of anilines is 1. The highest BCUT2D eigenvalue weighted by Crippen LogP contribution is 2.45. The van der Waals surface area contributed by atoms with Crippen LogP contribution in [0.5, 0.6) is 0 Å². The Hall–Kier alpha value is -1.69. The fourth-order valence-electron chi connectivity index (χ4n) is 3.58. The van der Waals surface area contributed by atoms with Gasteiger partial charge in [-0.25, -0.2) is 0 Å². The molecule has 0 amide bonds. The third-order valence-electron chi connectivity index (χ3n) is 4.63. The van der Waals surface area contributed by atoms with Crippen molar-refractivity contribution in [1.82, 2.24) is 10.3 Å². The highest BCUT2D eigenvalue weighted by atomic mass is 16.6. The standard InChI is InChI=1S/C13H18N4O2/c1-13(2)10-6-15-5-9(10)8-16(13)11-3-4-14-7-12(11)17(18)19/h3-4,7,9-10,15H,5-6,8H2,1-2H3. The molecule has 3 heterocycles. The lowest BCUT2D eigenvalue weighted by Gasteiger charge is -2.36. The van der Waals surface area contributed by atoms with Crippen LogP contribution < -0.4 is 10.2 Å². The summed E-state index contributed by atoms with van der Waals surface area (Å²) in [5.74, 6) is 1.11. The molecule has 1 aromatic rings. The van der Waals surface area contributed by atoms with Crippen molar-refractivity contribution >= 4 is 11.4 Å². The van der Waals surface area contributed by atoms with Crippen LogP contribution in [0.4, 0.5) is 11.4 Å². The average molecular weight is 262 g/mol. The Labute approximate surface area is 112 Å². The summed E-state index contributed by atoms with van der Waals surface area (Å²) in [6.45, 7) is 7.22. The molecule has 1 aromatic heterocycles. The second-order valence-corrected chi connectivity index (χ2v) is 5.91. The van der Waals surface area contributed by atoms with Crippen LogP contribution in [-0.4, -0.2) is 35.1 Å². The van der Waals surface area contributed by atoms with E-state index in [2.05, 4.69) is 29.0 Å². The fraction of sp³-hybridized carbons (Fsp3) is 0.615. The Kier molecular flexibility index (Phi) is 2.70. The third-order valence-corrected chi connectivity index (χ3v) is 4.63. The Morgan fingerprint density at radius 2 is 2.32 bits per heavy atom. The molecule has 2 aliphatic rings. The van der Waals surface area contributed by atoms with Crippen molar-refractivity contribution in [2.45, 2.75) is 19.4 Å². The molecule has 1 N–H and O–H groups in total. The molecule has 0 bridgehead atoms. The topological polar surface area (TPSA) is 71.3 Å². The number of aromatic nitrogens is 1. The van der Waals surface area contributed by atoms with Crippen molar-refractivity contribution < 1.29 is 4.92 Å². The molecule has 2 aliphatic heterocycles. The largest absolute Gasteiger partial charge is 0.360 e. The van der Waals surface area contributed by atoms with Crippen molar-refractivity contribution in [3.8, 4) is 0 Å². The highest BCUT2D eigenvalue weighted by Gasteiger charge is 2.50. The van der Waals surface area contributed by atoms with Crippen LogP contribution in [0, 0.1) is 22.0 Å². The molecule has 6 heteroatoms. The second kappa shape index (κ2) is 4.16. The Morgan fingerprint density at radius 1 is 1.53 bits per heavy atom. The first-order valence-electron chi connectivity index (χ1n) is 6.58. The number of hydrogen-bond acceptors (Lipinski definition) is 5. The minimum atomic E-state index is -0.342. The lowest BCUT2D eigenvalue weighted by molar-refractivity contribution is -0.384. The molecular weight excluding hydrogens is 244 g/mol. The minimum absolute atomic E-state index is 0.0692. The summed E-state index contributed by atoms with van der Waals surface area (Å²) in [4.78, 5) is 16.9. The van der Waals surface area contributed by atoms with Crippen LogP contribution in [0.2, 0.25) is 0 Å².